The van der Waals surface area contributed by atoms with Crippen molar-refractivity contribution in [1.82, 2.24) is 9.97 Å². The molecule has 2 aliphatic rings. The lowest BCUT2D eigenvalue weighted by atomic mass is 10.1. The van der Waals surface area contributed by atoms with Crippen LogP contribution in [0.3, 0.4) is 0 Å². The van der Waals surface area contributed by atoms with Gasteiger partial charge in [0.15, 0.2) is 21.5 Å². The van der Waals surface area contributed by atoms with Crippen LogP contribution in [0.2, 0.25) is 0 Å². The predicted molar refractivity (Wildman–Crippen MR) is 109 cm³/mol. The Hall–Kier alpha value is -2.39. The highest BCUT2D eigenvalue weighted by molar-refractivity contribution is 7.89. The molecule has 1 aromatic heterocycles. The van der Waals surface area contributed by atoms with E-state index in [2.05, 4.69) is 9.88 Å². The van der Waals surface area contributed by atoms with E-state index < -0.39 is 15.4 Å². The number of hydrogen-bond acceptors (Lipinski definition) is 8. The van der Waals surface area contributed by atoms with E-state index in [0.29, 0.717) is 61.7 Å². The second-order valence-electron chi connectivity index (χ2n) is 8.03. The molecule has 156 valence electrons. The van der Waals surface area contributed by atoms with Gasteiger partial charge < -0.3 is 19.1 Å². The normalized spacial score (nSPS) is 18.5. The summed E-state index contributed by atoms with van der Waals surface area (Å²) >= 11 is 0. The topological polar surface area (TPSA) is 90.9 Å². The number of nitrogens with zero attached hydrogens (tertiary/aromatic N) is 3. The van der Waals surface area contributed by atoms with E-state index in [1.165, 1.54) is 6.26 Å². The van der Waals surface area contributed by atoms with E-state index in [-0.39, 0.29) is 5.75 Å². The molecule has 1 aromatic carbocycles. The van der Waals surface area contributed by atoms with E-state index in [0.717, 1.165) is 5.56 Å². The molecule has 0 N–H and O–H groups in total. The molecule has 8 nitrogen and oxygen atoms in total. The van der Waals surface area contributed by atoms with Gasteiger partial charge in [-0.15, -0.1) is 0 Å². The lowest BCUT2D eigenvalue weighted by molar-refractivity contribution is 0.0160. The predicted octanol–water partition coefficient (Wildman–Crippen LogP) is 2.07. The first-order chi connectivity index (χ1) is 13.7. The molecule has 9 heteroatoms. The van der Waals surface area contributed by atoms with Crippen molar-refractivity contribution in [2.45, 2.75) is 25.2 Å². The third kappa shape index (κ3) is 4.62. The summed E-state index contributed by atoms with van der Waals surface area (Å²) in [5.41, 5.74) is 0.922. The SMILES string of the molecule is CC1(C)COc2c(nc(-c3cccc(CS(C)(=O)=O)c3)nc2N2CCOCC2)O1. The number of sulfone groups is 1. The molecule has 2 aliphatic heterocycles. The minimum atomic E-state index is -3.14. The fraction of sp³-hybridized carbons (Fsp3) is 0.500. The highest BCUT2D eigenvalue weighted by Gasteiger charge is 2.34. The van der Waals surface area contributed by atoms with Crippen LogP contribution in [0.5, 0.6) is 11.6 Å². The third-order valence-electron chi connectivity index (χ3n) is 4.68. The van der Waals surface area contributed by atoms with Crippen LogP contribution in [0.15, 0.2) is 24.3 Å². The fourth-order valence-corrected chi connectivity index (χ4v) is 4.16. The Labute approximate surface area is 170 Å². The van der Waals surface area contributed by atoms with Gasteiger partial charge in [0.25, 0.3) is 5.88 Å². The average Bonchev–Trinajstić information content (AvgIpc) is 2.66. The number of benzene rings is 1. The number of anilines is 1. The van der Waals surface area contributed by atoms with Gasteiger partial charge in [-0.25, -0.2) is 13.4 Å². The number of hydrogen-bond donors (Lipinski definition) is 0. The Kier molecular flexibility index (Phi) is 5.12. The van der Waals surface area contributed by atoms with Crippen molar-refractivity contribution in [3.63, 3.8) is 0 Å². The Morgan fingerprint density at radius 3 is 2.66 bits per heavy atom. The van der Waals surface area contributed by atoms with Crippen molar-refractivity contribution in [3.05, 3.63) is 29.8 Å². The zero-order valence-corrected chi connectivity index (χ0v) is 17.7. The maximum atomic E-state index is 11.7. The molecule has 1 saturated heterocycles. The number of rotatable bonds is 4. The molecule has 0 unspecified atom stereocenters. The zero-order chi connectivity index (χ0) is 20.6. The molecule has 1 fully saturated rings. The lowest BCUT2D eigenvalue weighted by Crippen LogP contribution is -2.41. The first kappa shape index (κ1) is 19.9. The van der Waals surface area contributed by atoms with E-state index in [1.807, 2.05) is 26.0 Å². The second-order valence-corrected chi connectivity index (χ2v) is 10.2. The number of morpholine rings is 1. The highest BCUT2D eigenvalue weighted by atomic mass is 32.2. The van der Waals surface area contributed by atoms with Crippen LogP contribution in [0, 0.1) is 0 Å². The lowest BCUT2D eigenvalue weighted by Gasteiger charge is -2.35. The number of fused-ring (bicyclic) bond motifs is 1. The molecule has 0 radical (unpaired) electrons. The molecule has 0 spiro atoms. The summed E-state index contributed by atoms with van der Waals surface area (Å²) in [4.78, 5) is 11.5. The molecule has 0 amide bonds. The van der Waals surface area contributed by atoms with Gasteiger partial charge >= 0.3 is 0 Å². The molecule has 0 saturated carbocycles. The van der Waals surface area contributed by atoms with Crippen LogP contribution < -0.4 is 14.4 Å². The largest absolute Gasteiger partial charge is 0.481 e. The first-order valence-corrected chi connectivity index (χ1v) is 11.6. The van der Waals surface area contributed by atoms with Gasteiger partial charge in [-0.3, -0.25) is 0 Å². The van der Waals surface area contributed by atoms with Crippen molar-refractivity contribution < 1.29 is 22.6 Å². The summed E-state index contributed by atoms with van der Waals surface area (Å²) in [6, 6.07) is 7.27. The summed E-state index contributed by atoms with van der Waals surface area (Å²) in [5, 5.41) is 0. The summed E-state index contributed by atoms with van der Waals surface area (Å²) in [6.45, 7) is 6.92. The van der Waals surface area contributed by atoms with Crippen LogP contribution in [0.1, 0.15) is 19.4 Å². The molecule has 3 heterocycles. The second kappa shape index (κ2) is 7.46. The fourth-order valence-electron chi connectivity index (χ4n) is 3.37. The molecule has 4 rings (SSSR count). The Morgan fingerprint density at radius 1 is 1.17 bits per heavy atom. The minimum absolute atomic E-state index is 0.0330. The van der Waals surface area contributed by atoms with Gasteiger partial charge in [0.05, 0.1) is 19.0 Å². The smallest absolute Gasteiger partial charge is 0.263 e. The minimum Gasteiger partial charge on any atom is -0.481 e. The standard InChI is InChI=1S/C20H25N3O5S/c1-20(2)13-27-16-18(23-7-9-26-10-8-23)21-17(22-19(16)28-20)15-6-4-5-14(11-15)12-29(3,24)25/h4-6,11H,7-10,12-13H2,1-3H3. The molecule has 29 heavy (non-hydrogen) atoms. The first-order valence-electron chi connectivity index (χ1n) is 9.54. The van der Waals surface area contributed by atoms with Gasteiger partial charge in [0.2, 0.25) is 5.75 Å². The molecule has 0 atom stereocenters. The van der Waals surface area contributed by atoms with Gasteiger partial charge in [-0.05, 0) is 25.5 Å². The highest BCUT2D eigenvalue weighted by Crippen LogP contribution is 2.42. The van der Waals surface area contributed by atoms with Gasteiger partial charge in [-0.1, -0.05) is 18.2 Å². The molecule has 0 aliphatic carbocycles. The zero-order valence-electron chi connectivity index (χ0n) is 16.8. The Morgan fingerprint density at radius 2 is 1.93 bits per heavy atom. The number of ether oxygens (including phenoxy) is 3. The molecule has 2 aromatic rings. The molecule has 0 bridgehead atoms. The van der Waals surface area contributed by atoms with E-state index in [9.17, 15) is 8.42 Å². The summed E-state index contributed by atoms with van der Waals surface area (Å²) < 4.78 is 40.9. The Bertz CT molecular complexity index is 1020. The van der Waals surface area contributed by atoms with Crippen molar-refractivity contribution in [2.24, 2.45) is 0 Å². The van der Waals surface area contributed by atoms with Crippen LogP contribution in [0.4, 0.5) is 5.82 Å². The Balaban J connectivity index is 1.79. The van der Waals surface area contributed by atoms with Crippen molar-refractivity contribution >= 4 is 15.7 Å². The maximum Gasteiger partial charge on any atom is 0.263 e. The van der Waals surface area contributed by atoms with E-state index in [1.54, 1.807) is 12.1 Å². The van der Waals surface area contributed by atoms with E-state index >= 15 is 0 Å². The quantitative estimate of drug-likeness (QED) is 0.744. The van der Waals surface area contributed by atoms with Gasteiger partial charge in [0, 0.05) is 24.9 Å². The molecular formula is C20H25N3O5S. The van der Waals surface area contributed by atoms with E-state index in [4.69, 9.17) is 19.2 Å². The van der Waals surface area contributed by atoms with Crippen LogP contribution >= 0.6 is 0 Å². The third-order valence-corrected chi connectivity index (χ3v) is 5.54. The summed E-state index contributed by atoms with van der Waals surface area (Å²) in [5.74, 6) is 2.07. The monoisotopic (exact) mass is 419 g/mol. The van der Waals surface area contributed by atoms with Crippen LogP contribution in [-0.2, 0) is 20.3 Å². The van der Waals surface area contributed by atoms with Crippen LogP contribution in [-0.4, -0.2) is 63.2 Å². The number of aromatic nitrogens is 2. The van der Waals surface area contributed by atoms with Crippen LogP contribution in [0.25, 0.3) is 11.4 Å². The summed E-state index contributed by atoms with van der Waals surface area (Å²) in [6.07, 6.45) is 1.22. The summed E-state index contributed by atoms with van der Waals surface area (Å²) in [7, 11) is -3.14. The molecular weight excluding hydrogens is 394 g/mol. The van der Waals surface area contributed by atoms with Crippen molar-refractivity contribution in [3.8, 4) is 23.0 Å². The van der Waals surface area contributed by atoms with Crippen molar-refractivity contribution in [2.75, 3.05) is 44.1 Å². The van der Waals surface area contributed by atoms with Gasteiger partial charge in [-0.2, -0.15) is 4.98 Å². The van der Waals surface area contributed by atoms with Gasteiger partial charge in [0.1, 0.15) is 12.2 Å². The maximum absolute atomic E-state index is 11.7. The average molecular weight is 420 g/mol. The van der Waals surface area contributed by atoms with Crippen molar-refractivity contribution in [1.29, 1.82) is 0 Å².